The van der Waals surface area contributed by atoms with Crippen LogP contribution in [0.1, 0.15) is 15.2 Å². The molecule has 0 fully saturated rings. The molecular formula is C12H7Cl2NOS. The lowest BCUT2D eigenvalue weighted by Crippen LogP contribution is -1.90. The number of rotatable bonds is 3. The summed E-state index contributed by atoms with van der Waals surface area (Å²) in [7, 11) is 0. The van der Waals surface area contributed by atoms with Crippen molar-refractivity contribution in [2.75, 3.05) is 0 Å². The summed E-state index contributed by atoms with van der Waals surface area (Å²) in [5.74, 6) is -0.191. The van der Waals surface area contributed by atoms with E-state index in [-0.39, 0.29) is 16.0 Å². The average Bonchev–Trinajstić information content (AvgIpc) is 2.69. The van der Waals surface area contributed by atoms with Crippen LogP contribution in [0.4, 0.5) is 0 Å². The molecule has 2 aromatic rings. The SMILES string of the molecule is O=C(C=Cc1ccccc1)c1snc(Cl)c1Cl. The maximum atomic E-state index is 11.8. The number of hydrogen-bond donors (Lipinski definition) is 0. The Labute approximate surface area is 113 Å². The fourth-order valence-electron chi connectivity index (χ4n) is 1.22. The quantitative estimate of drug-likeness (QED) is 0.619. The van der Waals surface area contributed by atoms with Gasteiger partial charge in [0, 0.05) is 0 Å². The third kappa shape index (κ3) is 2.94. The highest BCUT2D eigenvalue weighted by molar-refractivity contribution is 7.09. The van der Waals surface area contributed by atoms with E-state index in [2.05, 4.69) is 4.37 Å². The number of halogens is 2. The molecule has 0 saturated heterocycles. The Hall–Kier alpha value is -1.16. The van der Waals surface area contributed by atoms with Crippen molar-refractivity contribution >= 4 is 46.6 Å². The molecule has 0 N–H and O–H groups in total. The number of nitrogens with zero attached hydrogens (tertiary/aromatic N) is 1. The lowest BCUT2D eigenvalue weighted by atomic mass is 10.2. The molecule has 1 heterocycles. The van der Waals surface area contributed by atoms with E-state index in [1.54, 1.807) is 6.08 Å². The summed E-state index contributed by atoms with van der Waals surface area (Å²) < 4.78 is 3.81. The smallest absolute Gasteiger partial charge is 0.198 e. The molecule has 0 amide bonds. The fourth-order valence-corrected chi connectivity index (χ4v) is 2.37. The predicted molar refractivity (Wildman–Crippen MR) is 71.9 cm³/mol. The summed E-state index contributed by atoms with van der Waals surface area (Å²) in [6.45, 7) is 0. The van der Waals surface area contributed by atoms with Crippen molar-refractivity contribution in [3.63, 3.8) is 0 Å². The van der Waals surface area contributed by atoms with Gasteiger partial charge in [-0.3, -0.25) is 4.79 Å². The summed E-state index contributed by atoms with van der Waals surface area (Å²) >= 11 is 12.5. The van der Waals surface area contributed by atoms with Crippen LogP contribution in [0.5, 0.6) is 0 Å². The topological polar surface area (TPSA) is 30.0 Å². The molecule has 0 spiro atoms. The van der Waals surface area contributed by atoms with Crippen LogP contribution in [-0.2, 0) is 0 Å². The lowest BCUT2D eigenvalue weighted by Gasteiger charge is -1.92. The van der Waals surface area contributed by atoms with Gasteiger partial charge in [0.15, 0.2) is 10.9 Å². The van der Waals surface area contributed by atoms with Gasteiger partial charge < -0.3 is 0 Å². The number of ketones is 1. The number of benzene rings is 1. The molecule has 2 nitrogen and oxygen atoms in total. The fraction of sp³-hybridized carbons (Fsp3) is 0. The summed E-state index contributed by atoms with van der Waals surface area (Å²) in [5, 5.41) is 0.396. The van der Waals surface area contributed by atoms with Crippen molar-refractivity contribution in [3.8, 4) is 0 Å². The summed E-state index contributed by atoms with van der Waals surface area (Å²) in [6, 6.07) is 9.54. The number of carbonyl (C=O) groups excluding carboxylic acids is 1. The number of aromatic nitrogens is 1. The maximum Gasteiger partial charge on any atom is 0.198 e. The van der Waals surface area contributed by atoms with E-state index in [4.69, 9.17) is 23.2 Å². The highest BCUT2D eigenvalue weighted by atomic mass is 35.5. The summed E-state index contributed by atoms with van der Waals surface area (Å²) in [5.41, 5.74) is 0.951. The minimum absolute atomic E-state index is 0.174. The highest BCUT2D eigenvalue weighted by Crippen LogP contribution is 2.29. The van der Waals surface area contributed by atoms with Crippen LogP contribution < -0.4 is 0 Å². The van der Waals surface area contributed by atoms with Crippen LogP contribution in [0.25, 0.3) is 6.08 Å². The van der Waals surface area contributed by atoms with E-state index in [9.17, 15) is 4.79 Å². The molecule has 86 valence electrons. The Balaban J connectivity index is 2.18. The zero-order valence-corrected chi connectivity index (χ0v) is 10.9. The normalized spacial score (nSPS) is 10.9. The molecule has 5 heteroatoms. The molecule has 0 radical (unpaired) electrons. The average molecular weight is 284 g/mol. The molecule has 1 aromatic carbocycles. The minimum atomic E-state index is -0.191. The third-order valence-corrected chi connectivity index (χ3v) is 3.86. The van der Waals surface area contributed by atoms with Gasteiger partial charge in [-0.2, -0.15) is 4.37 Å². The molecule has 1 aromatic heterocycles. The third-order valence-electron chi connectivity index (χ3n) is 2.05. The van der Waals surface area contributed by atoms with Gasteiger partial charge in [-0.1, -0.05) is 59.6 Å². The molecule has 0 saturated carbocycles. The zero-order chi connectivity index (χ0) is 12.3. The van der Waals surface area contributed by atoms with Gasteiger partial charge in [0.2, 0.25) is 0 Å². The Morgan fingerprint density at radius 1 is 1.24 bits per heavy atom. The number of carbonyl (C=O) groups is 1. The maximum absolute atomic E-state index is 11.8. The van der Waals surface area contributed by atoms with Crippen LogP contribution in [-0.4, -0.2) is 10.2 Å². The highest BCUT2D eigenvalue weighted by Gasteiger charge is 2.14. The van der Waals surface area contributed by atoms with Crippen LogP contribution in [0, 0.1) is 0 Å². The first-order valence-corrected chi connectivity index (χ1v) is 6.29. The second-order valence-electron chi connectivity index (χ2n) is 3.22. The number of hydrogen-bond acceptors (Lipinski definition) is 3. The Morgan fingerprint density at radius 2 is 1.94 bits per heavy atom. The van der Waals surface area contributed by atoms with E-state index in [1.807, 2.05) is 30.3 Å². The zero-order valence-electron chi connectivity index (χ0n) is 8.56. The van der Waals surface area contributed by atoms with Crippen molar-refractivity contribution in [1.29, 1.82) is 0 Å². The standard InChI is InChI=1S/C12H7Cl2NOS/c13-10-11(17-15-12(10)14)9(16)7-6-8-4-2-1-3-5-8/h1-7H. The molecule has 0 unspecified atom stereocenters. The van der Waals surface area contributed by atoms with Crippen LogP contribution in [0.15, 0.2) is 36.4 Å². The Bertz CT molecular complexity index is 563. The monoisotopic (exact) mass is 283 g/mol. The Morgan fingerprint density at radius 3 is 2.53 bits per heavy atom. The van der Waals surface area contributed by atoms with Crippen molar-refractivity contribution < 1.29 is 4.79 Å². The van der Waals surface area contributed by atoms with Gasteiger partial charge >= 0.3 is 0 Å². The van der Waals surface area contributed by atoms with Crippen molar-refractivity contribution in [1.82, 2.24) is 4.37 Å². The molecule has 0 bridgehead atoms. The van der Waals surface area contributed by atoms with Gasteiger partial charge in [-0.15, -0.1) is 0 Å². The minimum Gasteiger partial charge on any atom is -0.288 e. The van der Waals surface area contributed by atoms with E-state index < -0.39 is 0 Å². The molecule has 2 rings (SSSR count). The van der Waals surface area contributed by atoms with Crippen molar-refractivity contribution in [2.24, 2.45) is 0 Å². The lowest BCUT2D eigenvalue weighted by molar-refractivity contribution is 0.105. The first kappa shape index (κ1) is 12.3. The molecule has 0 aliphatic heterocycles. The largest absolute Gasteiger partial charge is 0.288 e. The summed E-state index contributed by atoms with van der Waals surface area (Å²) in [4.78, 5) is 12.2. The van der Waals surface area contributed by atoms with Gasteiger partial charge in [-0.05, 0) is 23.2 Å². The van der Waals surface area contributed by atoms with E-state index in [1.165, 1.54) is 6.08 Å². The summed E-state index contributed by atoms with van der Waals surface area (Å²) in [6.07, 6.45) is 3.19. The first-order chi connectivity index (χ1) is 8.18. The van der Waals surface area contributed by atoms with Crippen LogP contribution >= 0.6 is 34.7 Å². The van der Waals surface area contributed by atoms with Crippen molar-refractivity contribution in [2.45, 2.75) is 0 Å². The van der Waals surface area contributed by atoms with E-state index in [0.29, 0.717) is 4.88 Å². The molecule has 17 heavy (non-hydrogen) atoms. The number of allylic oxidation sites excluding steroid dienone is 1. The van der Waals surface area contributed by atoms with E-state index in [0.717, 1.165) is 17.1 Å². The second-order valence-corrected chi connectivity index (χ2v) is 4.73. The van der Waals surface area contributed by atoms with E-state index >= 15 is 0 Å². The van der Waals surface area contributed by atoms with Gasteiger partial charge in [-0.25, -0.2) is 0 Å². The predicted octanol–water partition coefficient (Wildman–Crippen LogP) is 4.35. The first-order valence-electron chi connectivity index (χ1n) is 4.76. The van der Waals surface area contributed by atoms with Gasteiger partial charge in [0.1, 0.15) is 9.90 Å². The van der Waals surface area contributed by atoms with Gasteiger partial charge in [0.25, 0.3) is 0 Å². The van der Waals surface area contributed by atoms with Gasteiger partial charge in [0.05, 0.1) is 0 Å². The van der Waals surface area contributed by atoms with Crippen LogP contribution in [0.2, 0.25) is 10.2 Å². The molecular weight excluding hydrogens is 277 g/mol. The second kappa shape index (κ2) is 5.45. The molecule has 0 aliphatic carbocycles. The Kier molecular flexibility index (Phi) is 3.94. The van der Waals surface area contributed by atoms with Crippen LogP contribution in [0.3, 0.4) is 0 Å². The van der Waals surface area contributed by atoms with Crippen molar-refractivity contribution in [3.05, 3.63) is 57.0 Å². The molecule has 0 aliphatic rings. The molecule has 0 atom stereocenters.